The number of nitrogens with two attached hydrogens (primary N) is 1. The van der Waals surface area contributed by atoms with Crippen molar-refractivity contribution in [3.63, 3.8) is 0 Å². The number of aryl methyl sites for hydroxylation is 2. The summed E-state index contributed by atoms with van der Waals surface area (Å²) < 4.78 is 0. The van der Waals surface area contributed by atoms with Crippen molar-refractivity contribution < 1.29 is 9.90 Å². The summed E-state index contributed by atoms with van der Waals surface area (Å²) in [5.41, 5.74) is 8.84. The number of carbonyl (C=O) groups excluding carboxylic acids is 1. The maximum absolute atomic E-state index is 12.1. The number of rotatable bonds is 2. The molecular weight excluding hydrogens is 240 g/mol. The van der Waals surface area contributed by atoms with Crippen LogP contribution in [0.15, 0.2) is 36.4 Å². The molecule has 2 rings (SSSR count). The van der Waals surface area contributed by atoms with Crippen molar-refractivity contribution in [2.45, 2.75) is 13.8 Å². The second kappa shape index (κ2) is 5.02. The minimum absolute atomic E-state index is 0.0796. The zero-order valence-corrected chi connectivity index (χ0v) is 10.9. The molecule has 0 aliphatic carbocycles. The predicted octanol–water partition coefficient (Wildman–Crippen LogP) is 2.84. The van der Waals surface area contributed by atoms with Gasteiger partial charge in [-0.05, 0) is 43.2 Å². The number of benzene rings is 2. The molecule has 0 heterocycles. The van der Waals surface area contributed by atoms with Gasteiger partial charge in [-0.1, -0.05) is 18.2 Å². The minimum atomic E-state index is -0.299. The summed E-state index contributed by atoms with van der Waals surface area (Å²) in [6, 6.07) is 10.3. The van der Waals surface area contributed by atoms with Crippen LogP contribution in [-0.4, -0.2) is 11.0 Å². The molecule has 0 atom stereocenters. The fourth-order valence-corrected chi connectivity index (χ4v) is 1.74. The summed E-state index contributed by atoms with van der Waals surface area (Å²) >= 11 is 0. The molecule has 0 unspecified atom stereocenters. The molecule has 4 nitrogen and oxygen atoms in total. The number of carbonyl (C=O) groups is 1. The molecule has 0 aliphatic rings. The summed E-state index contributed by atoms with van der Waals surface area (Å²) in [5, 5.41) is 12.5. The topological polar surface area (TPSA) is 75.3 Å². The Balaban J connectivity index is 2.26. The summed E-state index contributed by atoms with van der Waals surface area (Å²) in [6.45, 7) is 3.65. The van der Waals surface area contributed by atoms with Crippen molar-refractivity contribution in [3.8, 4) is 5.75 Å². The zero-order chi connectivity index (χ0) is 14.0. The van der Waals surface area contributed by atoms with Crippen LogP contribution in [-0.2, 0) is 0 Å². The van der Waals surface area contributed by atoms with Crippen LogP contribution in [0.3, 0.4) is 0 Å². The molecule has 4 N–H and O–H groups in total. The zero-order valence-electron chi connectivity index (χ0n) is 10.9. The number of hydrogen-bond acceptors (Lipinski definition) is 3. The Morgan fingerprint density at radius 2 is 1.89 bits per heavy atom. The van der Waals surface area contributed by atoms with Crippen LogP contribution in [0.5, 0.6) is 5.75 Å². The van der Waals surface area contributed by atoms with Gasteiger partial charge < -0.3 is 16.2 Å². The maximum Gasteiger partial charge on any atom is 0.255 e. The Kier molecular flexibility index (Phi) is 3.42. The first-order chi connectivity index (χ1) is 8.99. The van der Waals surface area contributed by atoms with E-state index >= 15 is 0 Å². The summed E-state index contributed by atoms with van der Waals surface area (Å²) in [4.78, 5) is 12.1. The van der Waals surface area contributed by atoms with Crippen LogP contribution in [0.4, 0.5) is 11.4 Å². The smallest absolute Gasteiger partial charge is 0.255 e. The molecule has 0 fully saturated rings. The molecule has 0 aliphatic heterocycles. The third-order valence-electron chi connectivity index (χ3n) is 3.03. The second-order valence-corrected chi connectivity index (χ2v) is 4.50. The number of phenols is 1. The number of nitrogens with one attached hydrogen (secondary N) is 1. The van der Waals surface area contributed by atoms with E-state index in [0.29, 0.717) is 22.5 Å². The van der Waals surface area contributed by atoms with Crippen LogP contribution in [0.2, 0.25) is 0 Å². The second-order valence-electron chi connectivity index (χ2n) is 4.50. The van der Waals surface area contributed by atoms with Gasteiger partial charge in [-0.3, -0.25) is 4.79 Å². The number of amides is 1. The number of phenolic OH excluding ortho intramolecular Hbond substituents is 1. The first kappa shape index (κ1) is 13.0. The van der Waals surface area contributed by atoms with E-state index in [-0.39, 0.29) is 11.7 Å². The lowest BCUT2D eigenvalue weighted by atomic mass is 10.1. The number of nitrogen functional groups attached to an aromatic ring is 1. The molecule has 19 heavy (non-hydrogen) atoms. The Morgan fingerprint density at radius 1 is 1.16 bits per heavy atom. The molecule has 0 spiro atoms. The van der Waals surface area contributed by atoms with Crippen molar-refractivity contribution in [2.24, 2.45) is 0 Å². The largest absolute Gasteiger partial charge is 0.505 e. The molecule has 0 saturated carbocycles. The van der Waals surface area contributed by atoms with Crippen LogP contribution in [0, 0.1) is 13.8 Å². The third-order valence-corrected chi connectivity index (χ3v) is 3.03. The third kappa shape index (κ3) is 2.68. The van der Waals surface area contributed by atoms with E-state index in [1.165, 1.54) is 0 Å². The number of aromatic hydroxyl groups is 1. The Labute approximate surface area is 111 Å². The van der Waals surface area contributed by atoms with Gasteiger partial charge in [0.25, 0.3) is 5.91 Å². The predicted molar refractivity (Wildman–Crippen MR) is 76.4 cm³/mol. The molecule has 0 aromatic heterocycles. The molecule has 4 heteroatoms. The van der Waals surface area contributed by atoms with E-state index < -0.39 is 0 Å². The van der Waals surface area contributed by atoms with Crippen molar-refractivity contribution in [2.75, 3.05) is 11.1 Å². The highest BCUT2D eigenvalue weighted by molar-refractivity contribution is 6.05. The molecule has 0 saturated heterocycles. The van der Waals surface area contributed by atoms with Gasteiger partial charge in [-0.15, -0.1) is 0 Å². The SMILES string of the molecule is Cc1ccc(C(=O)Nc2cccc(C)c2O)cc1N. The number of para-hydroxylation sites is 1. The number of anilines is 2. The molecule has 0 bridgehead atoms. The molecule has 1 amide bonds. The Hall–Kier alpha value is -2.49. The van der Waals surface area contributed by atoms with Crippen LogP contribution < -0.4 is 11.1 Å². The van der Waals surface area contributed by atoms with Gasteiger partial charge in [0.15, 0.2) is 0 Å². The van der Waals surface area contributed by atoms with E-state index in [1.54, 1.807) is 43.3 Å². The Bertz CT molecular complexity index is 636. The highest BCUT2D eigenvalue weighted by Crippen LogP contribution is 2.27. The molecule has 0 radical (unpaired) electrons. The lowest BCUT2D eigenvalue weighted by molar-refractivity contribution is 0.102. The summed E-state index contributed by atoms with van der Waals surface area (Å²) in [6.07, 6.45) is 0. The van der Waals surface area contributed by atoms with E-state index in [2.05, 4.69) is 5.32 Å². The van der Waals surface area contributed by atoms with Gasteiger partial charge in [0.2, 0.25) is 0 Å². The van der Waals surface area contributed by atoms with Crippen molar-refractivity contribution >= 4 is 17.3 Å². The average molecular weight is 256 g/mol. The van der Waals surface area contributed by atoms with Gasteiger partial charge in [-0.25, -0.2) is 0 Å². The molecular formula is C15H16N2O2. The summed E-state index contributed by atoms with van der Waals surface area (Å²) in [7, 11) is 0. The fraction of sp³-hybridized carbons (Fsp3) is 0.133. The van der Waals surface area contributed by atoms with Crippen LogP contribution in [0.25, 0.3) is 0 Å². The van der Waals surface area contributed by atoms with Crippen LogP contribution >= 0.6 is 0 Å². The van der Waals surface area contributed by atoms with Gasteiger partial charge in [-0.2, -0.15) is 0 Å². The lowest BCUT2D eigenvalue weighted by Gasteiger charge is -2.10. The molecule has 2 aromatic carbocycles. The standard InChI is InChI=1S/C15H16N2O2/c1-9-6-7-11(8-12(9)16)15(19)17-13-5-3-4-10(2)14(13)18/h3-8,18H,16H2,1-2H3,(H,17,19). The van der Waals surface area contributed by atoms with Gasteiger partial charge in [0.1, 0.15) is 5.75 Å². The van der Waals surface area contributed by atoms with Gasteiger partial charge in [0.05, 0.1) is 5.69 Å². The Morgan fingerprint density at radius 3 is 2.58 bits per heavy atom. The van der Waals surface area contributed by atoms with E-state index in [1.807, 2.05) is 6.92 Å². The van der Waals surface area contributed by atoms with E-state index in [4.69, 9.17) is 5.73 Å². The first-order valence-corrected chi connectivity index (χ1v) is 5.95. The van der Waals surface area contributed by atoms with Crippen molar-refractivity contribution in [3.05, 3.63) is 53.1 Å². The first-order valence-electron chi connectivity index (χ1n) is 5.95. The monoisotopic (exact) mass is 256 g/mol. The van der Waals surface area contributed by atoms with Gasteiger partial charge >= 0.3 is 0 Å². The highest BCUT2D eigenvalue weighted by atomic mass is 16.3. The van der Waals surface area contributed by atoms with Crippen molar-refractivity contribution in [1.82, 2.24) is 0 Å². The van der Waals surface area contributed by atoms with Gasteiger partial charge in [0, 0.05) is 11.3 Å². The van der Waals surface area contributed by atoms with E-state index in [0.717, 1.165) is 5.56 Å². The minimum Gasteiger partial charge on any atom is -0.505 e. The normalized spacial score (nSPS) is 10.2. The maximum atomic E-state index is 12.1. The quantitative estimate of drug-likeness (QED) is 0.571. The average Bonchev–Trinajstić information content (AvgIpc) is 2.38. The summed E-state index contributed by atoms with van der Waals surface area (Å²) in [5.74, 6) is -0.219. The van der Waals surface area contributed by atoms with Crippen LogP contribution in [0.1, 0.15) is 21.5 Å². The highest BCUT2D eigenvalue weighted by Gasteiger charge is 2.10. The van der Waals surface area contributed by atoms with Crippen molar-refractivity contribution in [1.29, 1.82) is 0 Å². The molecule has 2 aromatic rings. The number of hydrogen-bond donors (Lipinski definition) is 3. The molecule has 98 valence electrons. The lowest BCUT2D eigenvalue weighted by Crippen LogP contribution is -2.12. The van der Waals surface area contributed by atoms with E-state index in [9.17, 15) is 9.90 Å². The fourth-order valence-electron chi connectivity index (χ4n) is 1.74.